The number of piperidine rings is 1. The van der Waals surface area contributed by atoms with Crippen LogP contribution < -0.4 is 0 Å². The van der Waals surface area contributed by atoms with E-state index in [1.165, 1.54) is 0 Å². The molecule has 1 atom stereocenters. The SMILES string of the molecule is CCC1(C(=O)OCC#N)CCCN(C(=O)OC(C)(C)C)C1. The smallest absolute Gasteiger partial charge is 0.410 e. The molecule has 1 saturated heterocycles. The topological polar surface area (TPSA) is 79.6 Å². The van der Waals surface area contributed by atoms with Gasteiger partial charge in [0.1, 0.15) is 11.7 Å². The van der Waals surface area contributed by atoms with E-state index in [-0.39, 0.29) is 13.2 Å². The Morgan fingerprint density at radius 3 is 2.57 bits per heavy atom. The molecule has 1 heterocycles. The van der Waals surface area contributed by atoms with Crippen molar-refractivity contribution in [3.05, 3.63) is 0 Å². The number of carbonyl (C=O) groups is 2. The summed E-state index contributed by atoms with van der Waals surface area (Å²) in [4.78, 5) is 25.9. The highest BCUT2D eigenvalue weighted by Gasteiger charge is 2.44. The molecule has 6 nitrogen and oxygen atoms in total. The Bertz CT molecular complexity index is 436. The molecule has 1 aliphatic rings. The quantitative estimate of drug-likeness (QED) is 0.747. The van der Waals surface area contributed by atoms with Crippen LogP contribution in [0.2, 0.25) is 0 Å². The highest BCUT2D eigenvalue weighted by molar-refractivity contribution is 5.79. The molecule has 1 unspecified atom stereocenters. The average Bonchev–Trinajstić information content (AvgIpc) is 2.42. The maximum absolute atomic E-state index is 12.2. The third-order valence-corrected chi connectivity index (χ3v) is 3.61. The summed E-state index contributed by atoms with van der Waals surface area (Å²) >= 11 is 0. The second-order valence-electron chi connectivity index (χ2n) is 6.37. The summed E-state index contributed by atoms with van der Waals surface area (Å²) in [5.41, 5.74) is -1.29. The van der Waals surface area contributed by atoms with Gasteiger partial charge in [-0.25, -0.2) is 4.79 Å². The predicted molar refractivity (Wildman–Crippen MR) is 76.3 cm³/mol. The van der Waals surface area contributed by atoms with Crippen molar-refractivity contribution in [2.24, 2.45) is 5.41 Å². The molecule has 0 bridgehead atoms. The Hall–Kier alpha value is -1.77. The first-order valence-corrected chi connectivity index (χ1v) is 7.26. The molecule has 21 heavy (non-hydrogen) atoms. The average molecular weight is 296 g/mol. The van der Waals surface area contributed by atoms with Crippen LogP contribution in [0.4, 0.5) is 4.79 Å². The van der Waals surface area contributed by atoms with E-state index in [1.54, 1.807) is 11.0 Å². The molecule has 1 aliphatic heterocycles. The van der Waals surface area contributed by atoms with Crippen molar-refractivity contribution >= 4 is 12.1 Å². The van der Waals surface area contributed by atoms with E-state index in [0.717, 1.165) is 6.42 Å². The van der Waals surface area contributed by atoms with Gasteiger partial charge < -0.3 is 14.4 Å². The molecular formula is C15H24N2O4. The molecule has 0 N–H and O–H groups in total. The number of hydrogen-bond acceptors (Lipinski definition) is 5. The van der Waals surface area contributed by atoms with Crippen molar-refractivity contribution in [1.29, 1.82) is 5.26 Å². The van der Waals surface area contributed by atoms with Gasteiger partial charge in [-0.2, -0.15) is 5.26 Å². The minimum absolute atomic E-state index is 0.257. The lowest BCUT2D eigenvalue weighted by Gasteiger charge is -2.40. The molecule has 118 valence electrons. The third-order valence-electron chi connectivity index (χ3n) is 3.61. The number of amides is 1. The van der Waals surface area contributed by atoms with Crippen LogP contribution in [0.5, 0.6) is 0 Å². The summed E-state index contributed by atoms with van der Waals surface area (Å²) in [5, 5.41) is 8.53. The van der Waals surface area contributed by atoms with Gasteiger partial charge in [-0.3, -0.25) is 4.79 Å². The number of hydrogen-bond donors (Lipinski definition) is 0. The zero-order valence-electron chi connectivity index (χ0n) is 13.3. The summed E-state index contributed by atoms with van der Waals surface area (Å²) in [6, 6.07) is 1.80. The number of ether oxygens (including phenoxy) is 2. The highest BCUT2D eigenvalue weighted by atomic mass is 16.6. The van der Waals surface area contributed by atoms with Crippen molar-refractivity contribution in [1.82, 2.24) is 4.90 Å². The first-order chi connectivity index (χ1) is 9.74. The molecule has 0 saturated carbocycles. The fourth-order valence-corrected chi connectivity index (χ4v) is 2.46. The van der Waals surface area contributed by atoms with Gasteiger partial charge in [0, 0.05) is 13.1 Å². The van der Waals surface area contributed by atoms with Gasteiger partial charge in [0.2, 0.25) is 0 Å². The Kier molecular flexibility index (Phi) is 5.59. The van der Waals surface area contributed by atoms with E-state index in [1.807, 2.05) is 27.7 Å². The van der Waals surface area contributed by atoms with E-state index in [4.69, 9.17) is 14.7 Å². The van der Waals surface area contributed by atoms with Crippen LogP contribution in [-0.4, -0.2) is 42.3 Å². The van der Waals surface area contributed by atoms with Crippen molar-refractivity contribution < 1.29 is 19.1 Å². The summed E-state index contributed by atoms with van der Waals surface area (Å²) in [6.45, 7) is 7.92. The van der Waals surface area contributed by atoms with Crippen LogP contribution in [-0.2, 0) is 14.3 Å². The van der Waals surface area contributed by atoms with Gasteiger partial charge in [0.15, 0.2) is 6.61 Å². The van der Waals surface area contributed by atoms with E-state index in [2.05, 4.69) is 0 Å². The van der Waals surface area contributed by atoms with Gasteiger partial charge in [-0.1, -0.05) is 6.92 Å². The fourth-order valence-electron chi connectivity index (χ4n) is 2.46. The van der Waals surface area contributed by atoms with E-state index in [9.17, 15) is 9.59 Å². The molecule has 1 fully saturated rings. The molecule has 0 spiro atoms. The maximum Gasteiger partial charge on any atom is 0.410 e. The van der Waals surface area contributed by atoms with Crippen molar-refractivity contribution in [2.75, 3.05) is 19.7 Å². The fraction of sp³-hybridized carbons (Fsp3) is 0.800. The number of nitriles is 1. The van der Waals surface area contributed by atoms with Crippen LogP contribution in [0, 0.1) is 16.7 Å². The number of likely N-dealkylation sites (tertiary alicyclic amines) is 1. The Labute approximate surface area is 126 Å². The van der Waals surface area contributed by atoms with E-state index >= 15 is 0 Å². The summed E-state index contributed by atoms with van der Waals surface area (Å²) in [7, 11) is 0. The standard InChI is InChI=1S/C15H24N2O4/c1-5-15(12(18)20-10-8-16)7-6-9-17(11-15)13(19)21-14(2,3)4/h5-7,9-11H2,1-4H3. The van der Waals surface area contributed by atoms with Crippen molar-refractivity contribution in [3.63, 3.8) is 0 Å². The van der Waals surface area contributed by atoms with Crippen LogP contribution in [0.3, 0.4) is 0 Å². The molecule has 0 aromatic rings. The molecule has 0 radical (unpaired) electrons. The van der Waals surface area contributed by atoms with Crippen LogP contribution in [0.15, 0.2) is 0 Å². The Balaban J connectivity index is 2.78. The largest absolute Gasteiger partial charge is 0.450 e. The maximum atomic E-state index is 12.2. The Morgan fingerprint density at radius 2 is 2.05 bits per heavy atom. The number of esters is 1. The first kappa shape index (κ1) is 17.3. The van der Waals surface area contributed by atoms with Crippen molar-refractivity contribution in [3.8, 4) is 6.07 Å². The lowest BCUT2D eigenvalue weighted by atomic mass is 9.77. The van der Waals surface area contributed by atoms with Gasteiger partial charge in [-0.05, 0) is 40.0 Å². The summed E-state index contributed by atoms with van der Waals surface area (Å²) < 4.78 is 10.3. The first-order valence-electron chi connectivity index (χ1n) is 7.26. The monoisotopic (exact) mass is 296 g/mol. The van der Waals surface area contributed by atoms with Crippen LogP contribution in [0.1, 0.15) is 47.0 Å². The zero-order chi connectivity index (χ0) is 16.1. The van der Waals surface area contributed by atoms with Gasteiger partial charge >= 0.3 is 12.1 Å². The molecule has 0 aromatic heterocycles. The van der Waals surface area contributed by atoms with Crippen molar-refractivity contribution in [2.45, 2.75) is 52.6 Å². The highest BCUT2D eigenvalue weighted by Crippen LogP contribution is 2.35. The molecule has 6 heteroatoms. The molecule has 0 aromatic carbocycles. The molecule has 1 amide bonds. The second kappa shape index (κ2) is 6.79. The lowest BCUT2D eigenvalue weighted by molar-refractivity contribution is -0.158. The van der Waals surface area contributed by atoms with Crippen LogP contribution in [0.25, 0.3) is 0 Å². The molecule has 0 aliphatic carbocycles. The zero-order valence-corrected chi connectivity index (χ0v) is 13.3. The van der Waals surface area contributed by atoms with Crippen LogP contribution >= 0.6 is 0 Å². The third kappa shape index (κ3) is 4.62. The van der Waals surface area contributed by atoms with Gasteiger partial charge in [0.05, 0.1) is 5.41 Å². The van der Waals surface area contributed by atoms with Gasteiger partial charge in [0.25, 0.3) is 0 Å². The number of rotatable bonds is 3. The molecular weight excluding hydrogens is 272 g/mol. The minimum atomic E-state index is -0.730. The summed E-state index contributed by atoms with van der Waals surface area (Å²) in [6.07, 6.45) is 1.53. The minimum Gasteiger partial charge on any atom is -0.450 e. The van der Waals surface area contributed by atoms with Gasteiger partial charge in [-0.15, -0.1) is 0 Å². The Morgan fingerprint density at radius 1 is 1.38 bits per heavy atom. The normalized spacial score (nSPS) is 22.3. The van der Waals surface area contributed by atoms with E-state index < -0.39 is 23.1 Å². The number of nitrogens with zero attached hydrogens (tertiary/aromatic N) is 2. The molecule has 1 rings (SSSR count). The predicted octanol–water partition coefficient (Wildman–Crippen LogP) is 2.48. The number of carbonyl (C=O) groups excluding carboxylic acids is 2. The summed E-state index contributed by atoms with van der Waals surface area (Å²) in [5.74, 6) is -0.403. The lowest BCUT2D eigenvalue weighted by Crippen LogP contribution is -2.51. The second-order valence-corrected chi connectivity index (χ2v) is 6.37. The van der Waals surface area contributed by atoms with E-state index in [0.29, 0.717) is 19.4 Å².